The summed E-state index contributed by atoms with van der Waals surface area (Å²) in [5.74, 6) is -0.669. The second kappa shape index (κ2) is 14.0. The molecule has 0 heterocycles. The van der Waals surface area contributed by atoms with E-state index in [0.717, 1.165) is 42.0 Å². The third kappa shape index (κ3) is 7.68. The van der Waals surface area contributed by atoms with Crippen LogP contribution in [0.1, 0.15) is 56.6 Å². The molecule has 2 amide bonds. The van der Waals surface area contributed by atoms with Crippen molar-refractivity contribution in [3.63, 3.8) is 0 Å². The normalized spacial score (nSPS) is 14.7. The number of rotatable bonds is 11. The van der Waals surface area contributed by atoms with Crippen LogP contribution >= 0.6 is 11.6 Å². The van der Waals surface area contributed by atoms with Crippen molar-refractivity contribution in [2.75, 3.05) is 10.8 Å². The molecule has 218 valence electrons. The minimum absolute atomic E-state index is 0.0684. The van der Waals surface area contributed by atoms with Gasteiger partial charge in [-0.3, -0.25) is 13.9 Å². The number of nitrogens with zero attached hydrogens (tertiary/aromatic N) is 2. The van der Waals surface area contributed by atoms with Gasteiger partial charge in [0.1, 0.15) is 12.6 Å². The molecule has 0 aromatic heterocycles. The van der Waals surface area contributed by atoms with Crippen molar-refractivity contribution in [1.82, 2.24) is 10.2 Å². The van der Waals surface area contributed by atoms with Crippen LogP contribution in [0, 0.1) is 6.92 Å². The van der Waals surface area contributed by atoms with Gasteiger partial charge in [0.25, 0.3) is 10.0 Å². The average molecular weight is 596 g/mol. The van der Waals surface area contributed by atoms with Crippen LogP contribution in [0.4, 0.5) is 5.69 Å². The Kier molecular flexibility index (Phi) is 10.5. The maximum Gasteiger partial charge on any atom is 0.264 e. The van der Waals surface area contributed by atoms with Crippen molar-refractivity contribution in [3.05, 3.63) is 95.0 Å². The zero-order chi connectivity index (χ0) is 29.4. The first-order chi connectivity index (χ1) is 19.7. The number of carbonyl (C=O) groups is 2. The van der Waals surface area contributed by atoms with E-state index in [2.05, 4.69) is 5.32 Å². The molecule has 9 heteroatoms. The van der Waals surface area contributed by atoms with Gasteiger partial charge in [-0.15, -0.1) is 0 Å². The van der Waals surface area contributed by atoms with Gasteiger partial charge in [0.2, 0.25) is 11.8 Å². The number of benzene rings is 3. The SMILES string of the molecule is CC[C@@H](C(=O)NC1CCCCC1)N(Cc1ccccc1)C(=O)CN(c1ccc(Cl)cc1C)S(=O)(=O)c1ccccc1. The number of hydrogen-bond acceptors (Lipinski definition) is 4. The highest BCUT2D eigenvalue weighted by Crippen LogP contribution is 2.29. The minimum Gasteiger partial charge on any atom is -0.352 e. The number of carbonyl (C=O) groups excluding carboxylic acids is 2. The van der Waals surface area contributed by atoms with E-state index in [0.29, 0.717) is 22.7 Å². The zero-order valence-corrected chi connectivity index (χ0v) is 25.2. The molecule has 0 saturated heterocycles. The Morgan fingerprint density at radius 1 is 0.951 bits per heavy atom. The number of hydrogen-bond donors (Lipinski definition) is 1. The average Bonchev–Trinajstić information content (AvgIpc) is 2.97. The summed E-state index contributed by atoms with van der Waals surface area (Å²) in [6.45, 7) is 3.33. The standard InChI is InChI=1S/C32H38ClN3O4S/c1-3-29(32(38)34-27-15-9-5-10-16-27)35(22-25-13-7-4-8-14-25)31(37)23-36(30-20-19-26(33)21-24(30)2)41(39,40)28-17-11-6-12-18-28/h4,6-8,11-14,17-21,27,29H,3,5,9-10,15-16,22-23H2,1-2H3,(H,34,38)/t29-/m0/s1. The fourth-order valence-corrected chi connectivity index (χ4v) is 7.10. The van der Waals surface area contributed by atoms with E-state index in [1.807, 2.05) is 37.3 Å². The fourth-order valence-electron chi connectivity index (χ4n) is 5.38. The second-order valence-electron chi connectivity index (χ2n) is 10.5. The lowest BCUT2D eigenvalue weighted by molar-refractivity contribution is -0.140. The smallest absolute Gasteiger partial charge is 0.264 e. The lowest BCUT2D eigenvalue weighted by atomic mass is 9.95. The first kappa shape index (κ1) is 30.6. The van der Waals surface area contributed by atoms with Gasteiger partial charge >= 0.3 is 0 Å². The highest BCUT2D eigenvalue weighted by atomic mass is 35.5. The molecule has 1 fully saturated rings. The summed E-state index contributed by atoms with van der Waals surface area (Å²) in [6.07, 6.45) is 5.55. The topological polar surface area (TPSA) is 86.8 Å². The van der Waals surface area contributed by atoms with Crippen LogP contribution in [-0.2, 0) is 26.2 Å². The van der Waals surface area contributed by atoms with Crippen LogP contribution in [0.3, 0.4) is 0 Å². The molecule has 3 aromatic carbocycles. The van der Waals surface area contributed by atoms with E-state index in [1.54, 1.807) is 43.3 Å². The van der Waals surface area contributed by atoms with Gasteiger partial charge in [0.15, 0.2) is 0 Å². The van der Waals surface area contributed by atoms with E-state index in [-0.39, 0.29) is 23.4 Å². The Bertz CT molecular complexity index is 1430. The highest BCUT2D eigenvalue weighted by molar-refractivity contribution is 7.92. The van der Waals surface area contributed by atoms with E-state index >= 15 is 0 Å². The highest BCUT2D eigenvalue weighted by Gasteiger charge is 2.34. The van der Waals surface area contributed by atoms with Crippen LogP contribution in [0.15, 0.2) is 83.8 Å². The Hall–Kier alpha value is -3.36. The molecule has 1 N–H and O–H groups in total. The molecule has 1 aliphatic rings. The van der Waals surface area contributed by atoms with Gasteiger partial charge in [-0.25, -0.2) is 8.42 Å². The zero-order valence-electron chi connectivity index (χ0n) is 23.6. The third-order valence-electron chi connectivity index (χ3n) is 7.57. The summed E-state index contributed by atoms with van der Waals surface area (Å²) in [6, 6.07) is 21.7. The molecular weight excluding hydrogens is 558 g/mol. The number of halogens is 1. The molecule has 41 heavy (non-hydrogen) atoms. The molecule has 1 saturated carbocycles. The Balaban J connectivity index is 1.71. The predicted molar refractivity (Wildman–Crippen MR) is 163 cm³/mol. The van der Waals surface area contributed by atoms with Crippen molar-refractivity contribution in [1.29, 1.82) is 0 Å². The monoisotopic (exact) mass is 595 g/mol. The Labute approximate surface area is 248 Å². The fraction of sp³-hybridized carbons (Fsp3) is 0.375. The molecule has 0 unspecified atom stereocenters. The van der Waals surface area contributed by atoms with E-state index in [4.69, 9.17) is 11.6 Å². The van der Waals surface area contributed by atoms with E-state index < -0.39 is 28.5 Å². The first-order valence-corrected chi connectivity index (χ1v) is 16.0. The summed E-state index contributed by atoms with van der Waals surface area (Å²) in [7, 11) is -4.12. The number of sulfonamides is 1. The van der Waals surface area contributed by atoms with Crippen LogP contribution in [-0.4, -0.2) is 43.8 Å². The van der Waals surface area contributed by atoms with Crippen LogP contribution in [0.5, 0.6) is 0 Å². The summed E-state index contributed by atoms with van der Waals surface area (Å²) in [5, 5.41) is 3.63. The van der Waals surface area contributed by atoms with Gasteiger partial charge in [-0.1, -0.05) is 86.3 Å². The maximum atomic E-state index is 14.2. The van der Waals surface area contributed by atoms with Gasteiger partial charge in [-0.2, -0.15) is 0 Å². The molecule has 3 aromatic rings. The quantitative estimate of drug-likeness (QED) is 0.290. The van der Waals surface area contributed by atoms with Crippen molar-refractivity contribution in [2.24, 2.45) is 0 Å². The Morgan fingerprint density at radius 2 is 1.59 bits per heavy atom. The molecule has 0 radical (unpaired) electrons. The third-order valence-corrected chi connectivity index (χ3v) is 9.58. The first-order valence-electron chi connectivity index (χ1n) is 14.2. The molecule has 1 atom stereocenters. The molecule has 0 bridgehead atoms. The lowest BCUT2D eigenvalue weighted by Gasteiger charge is -2.34. The maximum absolute atomic E-state index is 14.2. The summed E-state index contributed by atoms with van der Waals surface area (Å²) >= 11 is 6.19. The largest absolute Gasteiger partial charge is 0.352 e. The van der Waals surface area contributed by atoms with Gasteiger partial charge in [0.05, 0.1) is 10.6 Å². The number of anilines is 1. The number of aryl methyl sites for hydroxylation is 1. The second-order valence-corrected chi connectivity index (χ2v) is 12.8. The van der Waals surface area contributed by atoms with Gasteiger partial charge < -0.3 is 10.2 Å². The Morgan fingerprint density at radius 3 is 2.20 bits per heavy atom. The van der Waals surface area contributed by atoms with Gasteiger partial charge in [0, 0.05) is 17.6 Å². The van der Waals surface area contributed by atoms with Crippen molar-refractivity contribution >= 4 is 39.1 Å². The van der Waals surface area contributed by atoms with Crippen LogP contribution in [0.25, 0.3) is 0 Å². The molecular formula is C32H38ClN3O4S. The van der Waals surface area contributed by atoms with Crippen molar-refractivity contribution in [3.8, 4) is 0 Å². The molecule has 1 aliphatic carbocycles. The van der Waals surface area contributed by atoms with Gasteiger partial charge in [-0.05, 0) is 67.6 Å². The number of amides is 2. The van der Waals surface area contributed by atoms with Crippen LogP contribution in [0.2, 0.25) is 5.02 Å². The molecule has 0 aliphatic heterocycles. The molecule has 0 spiro atoms. The van der Waals surface area contributed by atoms with E-state index in [9.17, 15) is 18.0 Å². The lowest BCUT2D eigenvalue weighted by Crippen LogP contribution is -2.54. The minimum atomic E-state index is -4.12. The molecule has 4 rings (SSSR count). The summed E-state index contributed by atoms with van der Waals surface area (Å²) in [4.78, 5) is 29.4. The van der Waals surface area contributed by atoms with E-state index in [1.165, 1.54) is 17.0 Å². The summed E-state index contributed by atoms with van der Waals surface area (Å²) < 4.78 is 29.1. The number of nitrogens with one attached hydrogen (secondary N) is 1. The van der Waals surface area contributed by atoms with Crippen LogP contribution < -0.4 is 9.62 Å². The summed E-state index contributed by atoms with van der Waals surface area (Å²) in [5.41, 5.74) is 1.82. The van der Waals surface area contributed by atoms with Crippen molar-refractivity contribution in [2.45, 2.75) is 75.9 Å². The predicted octanol–water partition coefficient (Wildman–Crippen LogP) is 6.10. The molecule has 7 nitrogen and oxygen atoms in total. The van der Waals surface area contributed by atoms with Crippen molar-refractivity contribution < 1.29 is 18.0 Å².